The Bertz CT molecular complexity index is 1630. The van der Waals surface area contributed by atoms with E-state index >= 15 is 4.79 Å². The number of esters is 1. The van der Waals surface area contributed by atoms with E-state index in [9.17, 15) is 19.5 Å². The molecule has 3 amide bonds. The molecule has 260 valence electrons. The Balaban J connectivity index is 1.49. The molecular formula is C37H42BrN3O8. The van der Waals surface area contributed by atoms with Gasteiger partial charge in [0.25, 0.3) is 5.91 Å². The fraction of sp³-hybridized carbons (Fsp3) is 0.459. The van der Waals surface area contributed by atoms with Gasteiger partial charge >= 0.3 is 5.97 Å². The lowest BCUT2D eigenvalue weighted by atomic mass is 9.74. The van der Waals surface area contributed by atoms with Crippen molar-refractivity contribution in [2.24, 2.45) is 17.8 Å². The van der Waals surface area contributed by atoms with Crippen LogP contribution in [0.2, 0.25) is 0 Å². The van der Waals surface area contributed by atoms with Gasteiger partial charge in [0, 0.05) is 23.1 Å². The number of anilines is 1. The number of rotatable bonds is 7. The monoisotopic (exact) mass is 735 g/mol. The van der Waals surface area contributed by atoms with E-state index in [1.54, 1.807) is 48.4 Å². The van der Waals surface area contributed by atoms with E-state index in [4.69, 9.17) is 14.2 Å². The second kappa shape index (κ2) is 14.5. The summed E-state index contributed by atoms with van der Waals surface area (Å²) in [4.78, 5) is 60.1. The minimum atomic E-state index is -1.49. The Morgan fingerprint density at radius 1 is 1.06 bits per heavy atom. The van der Waals surface area contributed by atoms with Crippen molar-refractivity contribution in [2.45, 2.75) is 62.9 Å². The molecule has 8 atom stereocenters. The molecule has 11 nitrogen and oxygen atoms in total. The molecule has 2 aromatic carbocycles. The molecule has 0 aliphatic carbocycles. The lowest BCUT2D eigenvalue weighted by Gasteiger charge is -2.40. The maximum Gasteiger partial charge on any atom is 0.306 e. The van der Waals surface area contributed by atoms with Gasteiger partial charge in [0.05, 0.1) is 37.6 Å². The second-order valence-electron chi connectivity index (χ2n) is 13.0. The number of cyclic esters (lactones) is 1. The number of ether oxygens (including phenoxy) is 3. The predicted octanol–water partition coefficient (Wildman–Crippen LogP) is 4.06. The van der Waals surface area contributed by atoms with Gasteiger partial charge in [-0.15, -0.1) is 0 Å². The number of nitrogens with zero attached hydrogens (tertiary/aromatic N) is 2. The lowest BCUT2D eigenvalue weighted by Crippen LogP contribution is -2.59. The van der Waals surface area contributed by atoms with E-state index in [2.05, 4.69) is 21.2 Å². The van der Waals surface area contributed by atoms with Crippen LogP contribution < -0.4 is 15.0 Å². The summed E-state index contributed by atoms with van der Waals surface area (Å²) in [5.41, 5.74) is -0.202. The average Bonchev–Trinajstić information content (AvgIpc) is 3.71. The first-order valence-electron chi connectivity index (χ1n) is 16.8. The fourth-order valence-electron chi connectivity index (χ4n) is 7.56. The van der Waals surface area contributed by atoms with Crippen LogP contribution in [0.4, 0.5) is 5.69 Å². The number of fused-ring (bicyclic) bond motifs is 2. The smallest absolute Gasteiger partial charge is 0.306 e. The van der Waals surface area contributed by atoms with Gasteiger partial charge in [0.15, 0.2) is 0 Å². The summed E-state index contributed by atoms with van der Waals surface area (Å²) in [6.07, 6.45) is 5.69. The highest BCUT2D eigenvalue weighted by atomic mass is 79.9. The summed E-state index contributed by atoms with van der Waals surface area (Å²) in [6, 6.07) is 13.6. The Hall–Kier alpha value is -4.00. The van der Waals surface area contributed by atoms with E-state index in [-0.39, 0.29) is 32.1 Å². The molecular weight excluding hydrogens is 694 g/mol. The summed E-state index contributed by atoms with van der Waals surface area (Å²) >= 11 is 3.62. The lowest BCUT2D eigenvalue weighted by molar-refractivity contribution is -0.147. The van der Waals surface area contributed by atoms with Gasteiger partial charge in [0.1, 0.15) is 30.1 Å². The quantitative estimate of drug-likeness (QED) is 0.322. The highest BCUT2D eigenvalue weighted by Crippen LogP contribution is 2.59. The van der Waals surface area contributed by atoms with Crippen LogP contribution in [-0.4, -0.2) is 84.4 Å². The molecule has 4 heterocycles. The van der Waals surface area contributed by atoms with E-state index < -0.39 is 65.4 Å². The summed E-state index contributed by atoms with van der Waals surface area (Å²) in [6.45, 7) is 3.55. The second-order valence-corrected chi connectivity index (χ2v) is 13.9. The van der Waals surface area contributed by atoms with Crippen LogP contribution >= 0.6 is 15.9 Å². The van der Waals surface area contributed by atoms with Gasteiger partial charge in [-0.25, -0.2) is 0 Å². The molecule has 4 aliphatic rings. The Labute approximate surface area is 294 Å². The number of methoxy groups -OCH3 is 1. The van der Waals surface area contributed by atoms with E-state index in [0.29, 0.717) is 28.8 Å². The van der Waals surface area contributed by atoms with Gasteiger partial charge < -0.3 is 34.4 Å². The van der Waals surface area contributed by atoms with Crippen molar-refractivity contribution in [1.82, 2.24) is 10.2 Å². The van der Waals surface area contributed by atoms with E-state index in [0.717, 1.165) is 5.56 Å². The van der Waals surface area contributed by atoms with Crippen molar-refractivity contribution in [3.63, 3.8) is 0 Å². The maximum absolute atomic E-state index is 15.1. The summed E-state index contributed by atoms with van der Waals surface area (Å²) in [5, 5.41) is 13.8. The van der Waals surface area contributed by atoms with Crippen molar-refractivity contribution in [3.8, 4) is 5.75 Å². The van der Waals surface area contributed by atoms with Gasteiger partial charge in [-0.3, -0.25) is 19.2 Å². The molecule has 2 fully saturated rings. The maximum atomic E-state index is 15.1. The highest BCUT2D eigenvalue weighted by molar-refractivity contribution is 9.11. The third-order valence-electron chi connectivity index (χ3n) is 10.3. The molecule has 0 aromatic heterocycles. The molecule has 2 aromatic rings. The van der Waals surface area contributed by atoms with Crippen LogP contribution in [-0.2, 0) is 28.7 Å². The third kappa shape index (κ3) is 6.30. The molecule has 12 heteroatoms. The Morgan fingerprint density at radius 3 is 2.47 bits per heavy atom. The van der Waals surface area contributed by atoms with E-state index in [1.165, 1.54) is 4.90 Å². The number of aliphatic hydroxyl groups is 1. The number of carbonyl (C=O) groups excluding carboxylic acids is 4. The number of aliphatic hydroxyl groups excluding tert-OH is 1. The summed E-state index contributed by atoms with van der Waals surface area (Å²) in [5.74, 6) is -3.34. The molecule has 49 heavy (non-hydrogen) atoms. The molecule has 2 saturated heterocycles. The summed E-state index contributed by atoms with van der Waals surface area (Å²) in [7, 11) is 1.56. The van der Waals surface area contributed by atoms with Crippen molar-refractivity contribution >= 4 is 45.3 Å². The zero-order valence-electron chi connectivity index (χ0n) is 27.8. The minimum Gasteiger partial charge on any atom is -0.497 e. The third-order valence-corrected chi connectivity index (χ3v) is 11.0. The first kappa shape index (κ1) is 34.8. The zero-order valence-corrected chi connectivity index (χ0v) is 29.4. The van der Waals surface area contributed by atoms with Gasteiger partial charge in [-0.1, -0.05) is 78.7 Å². The zero-order chi connectivity index (χ0) is 34.9. The van der Waals surface area contributed by atoms with Crippen LogP contribution in [0.15, 0.2) is 77.3 Å². The van der Waals surface area contributed by atoms with Gasteiger partial charge in [-0.05, 0) is 48.2 Å². The fourth-order valence-corrected chi connectivity index (χ4v) is 8.30. The molecule has 0 radical (unpaired) electrons. The molecule has 1 spiro atoms. The number of carbonyl (C=O) groups is 4. The minimum absolute atomic E-state index is 0.101. The highest BCUT2D eigenvalue weighted by Gasteiger charge is 2.75. The van der Waals surface area contributed by atoms with Crippen molar-refractivity contribution in [2.75, 3.05) is 31.8 Å². The number of likely N-dealkylation sites (tertiary alicyclic amines) is 1. The van der Waals surface area contributed by atoms with E-state index in [1.807, 2.05) is 50.3 Å². The average molecular weight is 737 g/mol. The first-order valence-corrected chi connectivity index (χ1v) is 17.5. The Kier molecular flexibility index (Phi) is 10.3. The predicted molar refractivity (Wildman–Crippen MR) is 185 cm³/mol. The number of nitrogens with one attached hydrogen (secondary N) is 1. The molecule has 0 saturated carbocycles. The SMILES string of the molecule is CC[C@H](C)[C@H](CO)N1C(=O)[C@H]2[C@@H]3C(=O)N[C@H](c4ccccc4)COC(=O)CC/C=C\CN(c4ccc(OC)cc4)C(=O)[C@H]1[C@@]21C=C(Br)[C@@H]3O1. The summed E-state index contributed by atoms with van der Waals surface area (Å²) < 4.78 is 18.2. The largest absolute Gasteiger partial charge is 0.497 e. The van der Waals surface area contributed by atoms with Crippen LogP contribution in [0, 0.1) is 17.8 Å². The van der Waals surface area contributed by atoms with Crippen molar-refractivity contribution < 1.29 is 38.5 Å². The number of hydrogen-bond acceptors (Lipinski definition) is 8. The normalized spacial score (nSPS) is 30.7. The van der Waals surface area contributed by atoms with Crippen molar-refractivity contribution in [3.05, 3.63) is 82.9 Å². The molecule has 6 rings (SSSR count). The van der Waals surface area contributed by atoms with Crippen LogP contribution in [0.3, 0.4) is 0 Å². The molecule has 4 aliphatic heterocycles. The molecule has 5 bridgehead atoms. The van der Waals surface area contributed by atoms with Crippen LogP contribution in [0.25, 0.3) is 0 Å². The van der Waals surface area contributed by atoms with Gasteiger partial charge in [0.2, 0.25) is 11.8 Å². The van der Waals surface area contributed by atoms with Crippen LogP contribution in [0.1, 0.15) is 44.7 Å². The molecule has 2 N–H and O–H groups in total. The Morgan fingerprint density at radius 2 is 1.80 bits per heavy atom. The van der Waals surface area contributed by atoms with Gasteiger partial charge in [-0.2, -0.15) is 0 Å². The standard InChI is InChI=1S/C37H42BrN3O8/c1-4-22(2)28(20-42)41-33-36(46)40(24-14-16-25(47-3)17-15-24)18-10-6-9-13-29(43)48-21-27(23-11-7-5-8-12-23)39-34(44)30-31(35(41)45)37(33)19-26(38)32(30)49-37/h5-8,10-12,14-17,19,22,27-28,30-33,42H,4,9,13,18,20-21H2,1-3H3,(H,39,44)/b10-6-/t22-,27-,28-,30-,31+,32-,33-,37+/m0/s1. The number of amides is 3. The number of halogens is 1. The first-order chi connectivity index (χ1) is 23.6. The number of hydrogen-bond donors (Lipinski definition) is 2. The van der Waals surface area contributed by atoms with Crippen molar-refractivity contribution in [1.29, 1.82) is 0 Å². The number of benzene rings is 2. The topological polar surface area (TPSA) is 135 Å². The molecule has 0 unspecified atom stereocenters. The number of allylic oxidation sites excluding steroid dienone is 1. The van der Waals surface area contributed by atoms with Crippen LogP contribution in [0.5, 0.6) is 5.75 Å².